The van der Waals surface area contributed by atoms with E-state index in [-0.39, 0.29) is 22.9 Å². The highest BCUT2D eigenvalue weighted by atomic mass is 35.5. The van der Waals surface area contributed by atoms with E-state index in [1.165, 1.54) is 43.3 Å². The van der Waals surface area contributed by atoms with E-state index in [1.807, 2.05) is 6.07 Å². The Labute approximate surface area is 214 Å². The van der Waals surface area contributed by atoms with Crippen molar-refractivity contribution in [2.75, 3.05) is 10.2 Å². The van der Waals surface area contributed by atoms with Crippen molar-refractivity contribution in [2.24, 2.45) is 0 Å². The molecule has 8 nitrogen and oxygen atoms in total. The Kier molecular flexibility index (Phi) is 7.26. The molecular weight excluding hydrogens is 502 g/mol. The van der Waals surface area contributed by atoms with Crippen LogP contribution >= 0.6 is 11.6 Å². The molecule has 0 bridgehead atoms. The Morgan fingerprint density at radius 1 is 1.00 bits per heavy atom. The third-order valence-corrected chi connectivity index (χ3v) is 8.17. The van der Waals surface area contributed by atoms with E-state index in [4.69, 9.17) is 11.6 Å². The maximum absolute atomic E-state index is 13.8. The molecule has 1 heterocycles. The molecule has 3 aromatic rings. The van der Waals surface area contributed by atoms with Gasteiger partial charge in [-0.3, -0.25) is 14.4 Å². The van der Waals surface area contributed by atoms with Crippen LogP contribution in [0.4, 0.5) is 11.4 Å². The van der Waals surface area contributed by atoms with Crippen molar-refractivity contribution in [2.45, 2.75) is 37.2 Å². The molecule has 0 aromatic heterocycles. The summed E-state index contributed by atoms with van der Waals surface area (Å²) in [7, 11) is -4.20. The van der Waals surface area contributed by atoms with Crippen LogP contribution in [0.1, 0.15) is 31.9 Å². The Morgan fingerprint density at radius 2 is 1.61 bits per heavy atom. The van der Waals surface area contributed by atoms with Gasteiger partial charge >= 0.3 is 0 Å². The van der Waals surface area contributed by atoms with E-state index in [2.05, 4.69) is 5.32 Å². The number of anilines is 2. The number of sulfonamides is 1. The minimum absolute atomic E-state index is 0.0342. The average Bonchev–Trinajstić information content (AvgIpc) is 3.13. The van der Waals surface area contributed by atoms with Crippen molar-refractivity contribution in [1.82, 2.24) is 4.31 Å². The van der Waals surface area contributed by atoms with Crippen molar-refractivity contribution in [1.29, 1.82) is 0 Å². The predicted octanol–water partition coefficient (Wildman–Crippen LogP) is 4.38. The lowest BCUT2D eigenvalue weighted by molar-refractivity contribution is -0.122. The number of imide groups is 1. The number of amides is 3. The Hall–Kier alpha value is -3.53. The minimum atomic E-state index is -4.20. The van der Waals surface area contributed by atoms with E-state index < -0.39 is 33.9 Å². The highest BCUT2D eigenvalue weighted by Crippen LogP contribution is 2.36. The molecule has 0 aliphatic carbocycles. The highest BCUT2D eigenvalue weighted by Gasteiger charge is 2.48. The topological polar surface area (TPSA) is 104 Å². The molecule has 0 radical (unpaired) electrons. The van der Waals surface area contributed by atoms with Crippen LogP contribution in [-0.2, 0) is 24.4 Å². The summed E-state index contributed by atoms with van der Waals surface area (Å²) in [6.07, 6.45) is -0.309. The van der Waals surface area contributed by atoms with Crippen LogP contribution in [0, 0.1) is 0 Å². The first-order valence-electron chi connectivity index (χ1n) is 11.2. The number of nitrogens with zero attached hydrogens (tertiary/aromatic N) is 2. The van der Waals surface area contributed by atoms with Gasteiger partial charge in [-0.15, -0.1) is 0 Å². The number of halogens is 1. The van der Waals surface area contributed by atoms with Crippen LogP contribution in [0.3, 0.4) is 0 Å². The van der Waals surface area contributed by atoms with Crippen molar-refractivity contribution < 1.29 is 22.8 Å². The Bertz CT molecular complexity index is 1390. The van der Waals surface area contributed by atoms with Crippen LogP contribution in [0.5, 0.6) is 0 Å². The first-order valence-corrected chi connectivity index (χ1v) is 13.0. The lowest BCUT2D eigenvalue weighted by atomic mass is 10.1. The number of carbonyl (C=O) groups is 3. The molecule has 2 unspecified atom stereocenters. The van der Waals surface area contributed by atoms with Crippen LogP contribution in [0.25, 0.3) is 0 Å². The lowest BCUT2D eigenvalue weighted by Gasteiger charge is -2.32. The second-order valence-corrected chi connectivity index (χ2v) is 10.7. The van der Waals surface area contributed by atoms with Gasteiger partial charge in [0.2, 0.25) is 21.8 Å². The highest BCUT2D eigenvalue weighted by molar-refractivity contribution is 7.89. The zero-order valence-electron chi connectivity index (χ0n) is 19.6. The largest absolute Gasteiger partial charge is 0.326 e. The van der Waals surface area contributed by atoms with E-state index in [0.29, 0.717) is 16.3 Å². The van der Waals surface area contributed by atoms with Crippen molar-refractivity contribution >= 4 is 50.7 Å². The summed E-state index contributed by atoms with van der Waals surface area (Å²) in [5, 5.41) is 3.00. The van der Waals surface area contributed by atoms with E-state index in [0.717, 1.165) is 9.21 Å². The normalized spacial score (nSPS) is 16.9. The molecule has 10 heteroatoms. The van der Waals surface area contributed by atoms with Crippen LogP contribution in [0.15, 0.2) is 83.8 Å². The van der Waals surface area contributed by atoms with Gasteiger partial charge in [0.1, 0.15) is 6.04 Å². The summed E-state index contributed by atoms with van der Waals surface area (Å²) in [4.78, 5) is 38.9. The number of carbonyl (C=O) groups excluding carboxylic acids is 3. The monoisotopic (exact) mass is 525 g/mol. The third kappa shape index (κ3) is 5.04. The van der Waals surface area contributed by atoms with Gasteiger partial charge in [-0.25, -0.2) is 13.3 Å². The first-order chi connectivity index (χ1) is 17.1. The summed E-state index contributed by atoms with van der Waals surface area (Å²) in [6, 6.07) is 18.8. The van der Waals surface area contributed by atoms with Crippen molar-refractivity contribution in [3.05, 3.63) is 89.4 Å². The lowest BCUT2D eigenvalue weighted by Crippen LogP contribution is -2.46. The van der Waals surface area contributed by atoms with Crippen LogP contribution in [0.2, 0.25) is 5.02 Å². The first kappa shape index (κ1) is 25.6. The van der Waals surface area contributed by atoms with Crippen molar-refractivity contribution in [3.63, 3.8) is 0 Å². The summed E-state index contributed by atoms with van der Waals surface area (Å²) < 4.78 is 28.8. The molecule has 1 N–H and O–H groups in total. The number of hydrogen-bond donors (Lipinski definition) is 1. The fourth-order valence-corrected chi connectivity index (χ4v) is 6.12. The second kappa shape index (κ2) is 10.2. The molecule has 1 saturated heterocycles. The molecule has 1 aliphatic heterocycles. The smallest absolute Gasteiger partial charge is 0.252 e. The maximum atomic E-state index is 13.8. The number of benzene rings is 3. The SMILES string of the molecule is CC(=O)Nc1ccc(N2C(=O)CC(N(C(C)c3ccccc3)S(=O)(=O)c3ccc(Cl)cc3)C2=O)cc1. The molecule has 36 heavy (non-hydrogen) atoms. The minimum Gasteiger partial charge on any atom is -0.326 e. The standard InChI is InChI=1S/C26H24ClN3O5S/c1-17(19-6-4-3-5-7-19)30(36(34,35)23-14-8-20(27)9-15-23)24-16-25(32)29(26(24)33)22-12-10-21(11-13-22)28-18(2)31/h3-15,17,24H,16H2,1-2H3,(H,28,31). The Balaban J connectivity index is 1.74. The van der Waals surface area contributed by atoms with Gasteiger partial charge in [-0.2, -0.15) is 4.31 Å². The number of nitrogens with one attached hydrogen (secondary N) is 1. The summed E-state index contributed by atoms with van der Waals surface area (Å²) in [5.74, 6) is -1.42. The fourth-order valence-electron chi connectivity index (χ4n) is 4.24. The van der Waals surface area contributed by atoms with Crippen molar-refractivity contribution in [3.8, 4) is 0 Å². The number of rotatable bonds is 7. The zero-order chi connectivity index (χ0) is 26.0. The molecule has 186 valence electrons. The molecule has 0 saturated carbocycles. The molecular formula is C26H24ClN3O5S. The number of hydrogen-bond acceptors (Lipinski definition) is 5. The van der Waals surface area contributed by atoms with Crippen LogP contribution in [-0.4, -0.2) is 36.5 Å². The summed E-state index contributed by atoms with van der Waals surface area (Å²) >= 11 is 5.96. The summed E-state index contributed by atoms with van der Waals surface area (Å²) in [6.45, 7) is 3.06. The van der Waals surface area contributed by atoms with E-state index >= 15 is 0 Å². The fraction of sp³-hybridized carbons (Fsp3) is 0.192. The molecule has 2 atom stereocenters. The van der Waals surface area contributed by atoms with Gasteiger partial charge in [0.15, 0.2) is 0 Å². The van der Waals surface area contributed by atoms with Gasteiger partial charge in [0.25, 0.3) is 5.91 Å². The summed E-state index contributed by atoms with van der Waals surface area (Å²) in [5.41, 5.74) is 1.47. The molecule has 3 aromatic carbocycles. The van der Waals surface area contributed by atoms with E-state index in [9.17, 15) is 22.8 Å². The molecule has 3 amide bonds. The molecule has 4 rings (SSSR count). The van der Waals surface area contributed by atoms with Gasteiger partial charge in [0, 0.05) is 23.7 Å². The van der Waals surface area contributed by atoms with Gasteiger partial charge in [0.05, 0.1) is 17.0 Å². The molecule has 1 aliphatic rings. The molecule has 0 spiro atoms. The van der Waals surface area contributed by atoms with Gasteiger partial charge in [-0.1, -0.05) is 41.9 Å². The third-order valence-electron chi connectivity index (χ3n) is 5.93. The van der Waals surface area contributed by atoms with Gasteiger partial charge < -0.3 is 5.32 Å². The Morgan fingerprint density at radius 3 is 2.19 bits per heavy atom. The predicted molar refractivity (Wildman–Crippen MR) is 137 cm³/mol. The second-order valence-electron chi connectivity index (χ2n) is 8.39. The van der Waals surface area contributed by atoms with Crippen LogP contribution < -0.4 is 10.2 Å². The maximum Gasteiger partial charge on any atom is 0.252 e. The average molecular weight is 526 g/mol. The van der Waals surface area contributed by atoms with E-state index in [1.54, 1.807) is 43.3 Å². The quantitative estimate of drug-likeness (QED) is 0.461. The zero-order valence-corrected chi connectivity index (χ0v) is 21.2. The molecule has 1 fully saturated rings. The van der Waals surface area contributed by atoms with Gasteiger partial charge in [-0.05, 0) is 61.0 Å².